The number of benzene rings is 2. The van der Waals surface area contributed by atoms with Crippen molar-refractivity contribution in [1.29, 1.82) is 0 Å². The van der Waals surface area contributed by atoms with E-state index in [-0.39, 0.29) is 11.1 Å². The maximum absolute atomic E-state index is 12.0. The average molecular weight is 507 g/mol. The Labute approximate surface area is 209 Å². The van der Waals surface area contributed by atoms with Gasteiger partial charge in [0.25, 0.3) is 10.5 Å². The van der Waals surface area contributed by atoms with E-state index in [9.17, 15) is 19.2 Å². The zero-order valence-corrected chi connectivity index (χ0v) is 20.4. The molecular weight excluding hydrogens is 479 g/mol. The smallest absolute Gasteiger partial charge is 0.338 e. The van der Waals surface area contributed by atoms with Crippen molar-refractivity contribution in [3.8, 4) is 0 Å². The van der Waals surface area contributed by atoms with E-state index in [1.54, 1.807) is 36.4 Å². The van der Waals surface area contributed by atoms with Crippen molar-refractivity contribution in [2.24, 2.45) is 0 Å². The van der Waals surface area contributed by atoms with Gasteiger partial charge in [0, 0.05) is 11.1 Å². The van der Waals surface area contributed by atoms with Gasteiger partial charge in [-0.3, -0.25) is 9.59 Å². The van der Waals surface area contributed by atoms with E-state index in [1.165, 1.54) is 12.1 Å². The van der Waals surface area contributed by atoms with Gasteiger partial charge in [0.05, 0.1) is 24.3 Å². The van der Waals surface area contributed by atoms with E-state index in [4.69, 9.17) is 32.7 Å². The summed E-state index contributed by atoms with van der Waals surface area (Å²) in [6.45, 7) is 0.677. The number of carbonyl (C=O) groups excluding carboxylic acids is 4. The van der Waals surface area contributed by atoms with Crippen LogP contribution in [0, 0.1) is 0 Å². The number of unbranched alkanes of at least 4 members (excludes halogenated alkanes) is 7. The van der Waals surface area contributed by atoms with Crippen molar-refractivity contribution in [3.05, 3.63) is 70.8 Å². The first-order chi connectivity index (χ1) is 16.4. The number of esters is 2. The molecule has 6 nitrogen and oxygen atoms in total. The van der Waals surface area contributed by atoms with E-state index in [0.717, 1.165) is 51.4 Å². The Morgan fingerprint density at radius 2 is 0.853 bits per heavy atom. The van der Waals surface area contributed by atoms with Crippen molar-refractivity contribution < 1.29 is 28.7 Å². The molecule has 0 N–H and O–H groups in total. The van der Waals surface area contributed by atoms with Crippen LogP contribution in [0.5, 0.6) is 0 Å². The summed E-state index contributed by atoms with van der Waals surface area (Å²) in [5, 5.41) is -1.22. The molecule has 0 aliphatic rings. The Balaban J connectivity index is 1.46. The minimum atomic E-state index is -0.609. The molecule has 8 heteroatoms. The van der Waals surface area contributed by atoms with E-state index in [0.29, 0.717) is 24.3 Å². The topological polar surface area (TPSA) is 86.7 Å². The molecule has 0 radical (unpaired) electrons. The van der Waals surface area contributed by atoms with Crippen molar-refractivity contribution in [2.45, 2.75) is 51.4 Å². The van der Waals surface area contributed by atoms with Crippen molar-refractivity contribution in [1.82, 2.24) is 0 Å². The fourth-order valence-electron chi connectivity index (χ4n) is 3.30. The quantitative estimate of drug-likeness (QED) is 0.154. The second kappa shape index (κ2) is 15.3. The molecule has 0 amide bonds. The highest BCUT2D eigenvalue weighted by Gasteiger charge is 2.11. The van der Waals surface area contributed by atoms with Gasteiger partial charge in [0.15, 0.2) is 0 Å². The molecule has 0 aliphatic heterocycles. The standard InChI is InChI=1S/C26H28Cl2O6/c27-23(29)19-11-9-13-21(17-19)25(31)33-15-7-5-3-1-2-4-6-8-16-34-26(32)22-14-10-12-20(18-22)24(28)30/h9-14,17-18H,1-8,15-16H2. The lowest BCUT2D eigenvalue weighted by Crippen LogP contribution is -2.07. The predicted molar refractivity (Wildman–Crippen MR) is 131 cm³/mol. The first kappa shape index (κ1) is 27.5. The lowest BCUT2D eigenvalue weighted by atomic mass is 10.1. The van der Waals surface area contributed by atoms with E-state index < -0.39 is 22.4 Å². The highest BCUT2D eigenvalue weighted by atomic mass is 35.5. The zero-order valence-electron chi connectivity index (χ0n) is 18.9. The van der Waals surface area contributed by atoms with Crippen molar-refractivity contribution >= 4 is 45.6 Å². The van der Waals surface area contributed by atoms with Gasteiger partial charge < -0.3 is 9.47 Å². The van der Waals surface area contributed by atoms with Crippen LogP contribution in [0.1, 0.15) is 92.8 Å². The Bertz CT molecular complexity index is 909. The molecule has 34 heavy (non-hydrogen) atoms. The van der Waals surface area contributed by atoms with Crippen LogP contribution in [0.15, 0.2) is 48.5 Å². The Kier molecular flexibility index (Phi) is 12.4. The zero-order chi connectivity index (χ0) is 24.8. The molecule has 182 valence electrons. The average Bonchev–Trinajstić information content (AvgIpc) is 2.84. The molecule has 2 rings (SSSR count). The van der Waals surface area contributed by atoms with Crippen LogP contribution in [0.25, 0.3) is 0 Å². The summed E-state index contributed by atoms with van der Waals surface area (Å²) >= 11 is 10.9. The largest absolute Gasteiger partial charge is 0.462 e. The fraction of sp³-hybridized carbons (Fsp3) is 0.385. The highest BCUT2D eigenvalue weighted by Crippen LogP contribution is 2.13. The summed E-state index contributed by atoms with van der Waals surface area (Å²) in [4.78, 5) is 46.4. The summed E-state index contributed by atoms with van der Waals surface area (Å²) in [6.07, 6.45) is 7.79. The van der Waals surface area contributed by atoms with Crippen LogP contribution >= 0.6 is 23.2 Å². The van der Waals surface area contributed by atoms with Gasteiger partial charge in [-0.05, 0) is 60.3 Å². The monoisotopic (exact) mass is 506 g/mol. The maximum atomic E-state index is 12.0. The Hall–Kier alpha value is -2.70. The lowest BCUT2D eigenvalue weighted by Gasteiger charge is -2.06. The summed E-state index contributed by atoms with van der Waals surface area (Å²) in [7, 11) is 0. The molecule has 0 fully saturated rings. The Morgan fingerprint density at radius 1 is 0.529 bits per heavy atom. The number of rotatable bonds is 15. The summed E-state index contributed by atoms with van der Waals surface area (Å²) in [5.74, 6) is -0.915. The number of hydrogen-bond donors (Lipinski definition) is 0. The summed E-state index contributed by atoms with van der Waals surface area (Å²) in [6, 6.07) is 12.3. The highest BCUT2D eigenvalue weighted by molar-refractivity contribution is 6.68. The first-order valence-corrected chi connectivity index (χ1v) is 12.1. The normalized spacial score (nSPS) is 10.5. The molecule has 0 aliphatic carbocycles. The molecule has 0 atom stereocenters. The molecule has 0 unspecified atom stereocenters. The van der Waals surface area contributed by atoms with Gasteiger partial charge in [0.1, 0.15) is 0 Å². The predicted octanol–water partition coefficient (Wildman–Crippen LogP) is 6.58. The summed E-state index contributed by atoms with van der Waals surface area (Å²) < 4.78 is 10.5. The van der Waals surface area contributed by atoms with Gasteiger partial charge in [-0.25, -0.2) is 9.59 Å². The van der Waals surface area contributed by atoms with E-state index >= 15 is 0 Å². The third-order valence-electron chi connectivity index (χ3n) is 5.16. The van der Waals surface area contributed by atoms with Gasteiger partial charge in [-0.15, -0.1) is 0 Å². The molecule has 0 aromatic heterocycles. The van der Waals surface area contributed by atoms with Gasteiger partial charge in [-0.2, -0.15) is 0 Å². The second-order valence-corrected chi connectivity index (χ2v) is 8.50. The molecule has 0 heterocycles. The van der Waals surface area contributed by atoms with Crippen LogP contribution in [0.4, 0.5) is 0 Å². The van der Waals surface area contributed by atoms with Crippen LogP contribution < -0.4 is 0 Å². The molecule has 0 bridgehead atoms. The van der Waals surface area contributed by atoms with Gasteiger partial charge in [0.2, 0.25) is 0 Å². The number of ether oxygens (including phenoxy) is 2. The minimum absolute atomic E-state index is 0.268. The van der Waals surface area contributed by atoms with Crippen LogP contribution in [-0.4, -0.2) is 35.6 Å². The van der Waals surface area contributed by atoms with Gasteiger partial charge in [-0.1, -0.05) is 62.8 Å². The third-order valence-corrected chi connectivity index (χ3v) is 5.59. The molecule has 2 aromatic rings. The Morgan fingerprint density at radius 3 is 1.21 bits per heavy atom. The second-order valence-electron chi connectivity index (χ2n) is 7.81. The third kappa shape index (κ3) is 10.1. The van der Waals surface area contributed by atoms with Crippen LogP contribution in [-0.2, 0) is 9.47 Å². The van der Waals surface area contributed by atoms with Crippen molar-refractivity contribution in [2.75, 3.05) is 13.2 Å². The van der Waals surface area contributed by atoms with E-state index in [1.807, 2.05) is 0 Å². The van der Waals surface area contributed by atoms with Gasteiger partial charge >= 0.3 is 11.9 Å². The van der Waals surface area contributed by atoms with Crippen LogP contribution in [0.2, 0.25) is 0 Å². The summed E-state index contributed by atoms with van der Waals surface area (Å²) in [5.41, 5.74) is 1.17. The molecule has 0 spiro atoms. The first-order valence-electron chi connectivity index (χ1n) is 11.3. The van der Waals surface area contributed by atoms with Crippen LogP contribution in [0.3, 0.4) is 0 Å². The fourth-order valence-corrected chi connectivity index (χ4v) is 3.53. The molecule has 0 saturated heterocycles. The number of hydrogen-bond acceptors (Lipinski definition) is 6. The van der Waals surface area contributed by atoms with E-state index in [2.05, 4.69) is 0 Å². The number of halogens is 2. The lowest BCUT2D eigenvalue weighted by molar-refractivity contribution is 0.0487. The molecular formula is C26H28Cl2O6. The minimum Gasteiger partial charge on any atom is -0.462 e. The molecule has 2 aromatic carbocycles. The van der Waals surface area contributed by atoms with Crippen molar-refractivity contribution in [3.63, 3.8) is 0 Å². The number of carbonyl (C=O) groups is 4. The molecule has 0 saturated carbocycles. The SMILES string of the molecule is O=C(Cl)c1cccc(C(=O)OCCCCCCCCCCOC(=O)c2cccc(C(=O)Cl)c2)c1. The maximum Gasteiger partial charge on any atom is 0.338 e.